The number of rotatable bonds is 4. The van der Waals surface area contributed by atoms with Crippen molar-refractivity contribution in [1.29, 1.82) is 0 Å². The molecule has 0 spiro atoms. The molecule has 0 N–H and O–H groups in total. The molecule has 2 fully saturated rings. The summed E-state index contributed by atoms with van der Waals surface area (Å²) in [5.41, 5.74) is 0.681. The van der Waals surface area contributed by atoms with E-state index in [-0.39, 0.29) is 28.9 Å². The Kier molecular flexibility index (Phi) is 3.55. The molecular weight excluding hydrogens is 296 g/mol. The van der Waals surface area contributed by atoms with Gasteiger partial charge in [-0.2, -0.15) is 0 Å². The van der Waals surface area contributed by atoms with Gasteiger partial charge in [0.2, 0.25) is 8.32 Å². The van der Waals surface area contributed by atoms with Crippen LogP contribution in [0.4, 0.5) is 0 Å². The Hall–Kier alpha value is -1.10. The van der Waals surface area contributed by atoms with Gasteiger partial charge in [0.1, 0.15) is 11.9 Å². The molecule has 22 heavy (non-hydrogen) atoms. The number of esters is 1. The van der Waals surface area contributed by atoms with Crippen LogP contribution in [0, 0.1) is 11.8 Å². The summed E-state index contributed by atoms with van der Waals surface area (Å²) in [6.07, 6.45) is 3.00. The zero-order valence-corrected chi connectivity index (χ0v) is 15.2. The van der Waals surface area contributed by atoms with E-state index in [0.717, 1.165) is 25.0 Å². The standard InChI is InChI=1S/C17H26O4Si/c1-17(2,3)22(4,5)21-14-9-12(14)16(19)20-13-8-10-6-7-11(13)15(10)18/h10-11,13H,6-9H2,1-5H3. The minimum absolute atomic E-state index is 0.0435. The van der Waals surface area contributed by atoms with Gasteiger partial charge in [-0.05, 0) is 37.4 Å². The molecule has 0 aliphatic heterocycles. The van der Waals surface area contributed by atoms with Gasteiger partial charge in [-0.15, -0.1) is 0 Å². The number of allylic oxidation sites excluding steroid dienone is 1. The van der Waals surface area contributed by atoms with Crippen LogP contribution >= 0.6 is 0 Å². The Bertz CT molecular complexity index is 555. The number of carbonyl (C=O) groups excluding carboxylic acids is 2. The first-order chi connectivity index (χ1) is 10.1. The summed E-state index contributed by atoms with van der Waals surface area (Å²) in [5, 5.41) is 0.120. The number of Topliss-reactive ketones (excluding diaryl/α,β-unsaturated/α-hetero) is 1. The molecule has 2 saturated carbocycles. The third kappa shape index (κ3) is 2.64. The van der Waals surface area contributed by atoms with E-state index < -0.39 is 8.32 Å². The molecule has 3 aliphatic carbocycles. The maximum Gasteiger partial charge on any atom is 0.338 e. The number of ether oxygens (including phenoxy) is 1. The molecule has 0 heterocycles. The zero-order valence-electron chi connectivity index (χ0n) is 14.2. The molecule has 5 heteroatoms. The smallest absolute Gasteiger partial charge is 0.338 e. The number of hydrogen-bond donors (Lipinski definition) is 0. The number of carbonyl (C=O) groups is 2. The minimum Gasteiger partial charge on any atom is -0.546 e. The Morgan fingerprint density at radius 3 is 2.41 bits per heavy atom. The van der Waals surface area contributed by atoms with Crippen LogP contribution in [0.15, 0.2) is 11.3 Å². The van der Waals surface area contributed by atoms with Crippen LogP contribution < -0.4 is 0 Å². The Labute approximate surface area is 133 Å². The molecule has 3 atom stereocenters. The summed E-state index contributed by atoms with van der Waals surface area (Å²) >= 11 is 0. The van der Waals surface area contributed by atoms with Crippen molar-refractivity contribution in [1.82, 2.24) is 0 Å². The third-order valence-corrected chi connectivity index (χ3v) is 10.2. The maximum absolute atomic E-state index is 12.2. The van der Waals surface area contributed by atoms with Gasteiger partial charge in [0.05, 0.1) is 17.3 Å². The predicted molar refractivity (Wildman–Crippen MR) is 85.6 cm³/mol. The average molecular weight is 322 g/mol. The van der Waals surface area contributed by atoms with Gasteiger partial charge >= 0.3 is 5.97 Å². The molecular formula is C17H26O4Si. The topological polar surface area (TPSA) is 52.6 Å². The highest BCUT2D eigenvalue weighted by Crippen LogP contribution is 2.46. The second-order valence-corrected chi connectivity index (χ2v) is 13.1. The summed E-state index contributed by atoms with van der Waals surface area (Å²) in [6.45, 7) is 10.9. The Balaban J connectivity index is 1.59. The largest absolute Gasteiger partial charge is 0.546 e. The van der Waals surface area contributed by atoms with E-state index in [2.05, 4.69) is 33.9 Å². The van der Waals surface area contributed by atoms with E-state index in [1.165, 1.54) is 0 Å². The molecule has 3 aliphatic rings. The van der Waals surface area contributed by atoms with Crippen molar-refractivity contribution in [2.24, 2.45) is 11.8 Å². The molecule has 0 saturated heterocycles. The normalized spacial score (nSPS) is 30.8. The second-order valence-electron chi connectivity index (χ2n) is 8.40. The second kappa shape index (κ2) is 4.95. The molecule has 3 rings (SSSR count). The average Bonchev–Trinajstić information content (AvgIpc) is 2.98. The summed E-state index contributed by atoms with van der Waals surface area (Å²) in [4.78, 5) is 24.1. The van der Waals surface area contributed by atoms with Crippen molar-refractivity contribution in [2.45, 2.75) is 70.7 Å². The number of hydrogen-bond acceptors (Lipinski definition) is 4. The predicted octanol–water partition coefficient (Wildman–Crippen LogP) is 3.58. The van der Waals surface area contributed by atoms with Crippen LogP contribution in [0.25, 0.3) is 0 Å². The van der Waals surface area contributed by atoms with Crippen LogP contribution in [0.3, 0.4) is 0 Å². The lowest BCUT2D eigenvalue weighted by Gasteiger charge is -2.35. The van der Waals surface area contributed by atoms with Crippen molar-refractivity contribution < 1.29 is 18.8 Å². The van der Waals surface area contributed by atoms with Crippen molar-refractivity contribution in [2.75, 3.05) is 0 Å². The van der Waals surface area contributed by atoms with E-state index >= 15 is 0 Å². The molecule has 122 valence electrons. The molecule has 0 amide bonds. The summed E-state index contributed by atoms with van der Waals surface area (Å²) in [5.74, 6) is 0.947. The van der Waals surface area contributed by atoms with E-state index in [4.69, 9.17) is 9.16 Å². The zero-order chi connectivity index (χ0) is 16.3. The van der Waals surface area contributed by atoms with E-state index in [1.807, 2.05) is 0 Å². The van der Waals surface area contributed by atoms with Crippen LogP contribution in [-0.4, -0.2) is 26.2 Å². The first-order valence-corrected chi connectivity index (χ1v) is 11.2. The molecule has 4 nitrogen and oxygen atoms in total. The lowest BCUT2D eigenvalue weighted by Crippen LogP contribution is -2.39. The maximum atomic E-state index is 12.2. The Morgan fingerprint density at radius 2 is 1.91 bits per heavy atom. The van der Waals surface area contributed by atoms with Gasteiger partial charge in [0.15, 0.2) is 0 Å². The van der Waals surface area contributed by atoms with Crippen LogP contribution in [0.2, 0.25) is 18.1 Å². The number of fused-ring (bicyclic) bond motifs is 2. The lowest BCUT2D eigenvalue weighted by atomic mass is 9.98. The van der Waals surface area contributed by atoms with Gasteiger partial charge in [-0.25, -0.2) is 4.79 Å². The van der Waals surface area contributed by atoms with Crippen LogP contribution in [0.5, 0.6) is 0 Å². The highest BCUT2D eigenvalue weighted by Gasteiger charge is 2.50. The van der Waals surface area contributed by atoms with Gasteiger partial charge in [0, 0.05) is 12.3 Å². The minimum atomic E-state index is -1.88. The van der Waals surface area contributed by atoms with Crippen LogP contribution in [-0.2, 0) is 18.8 Å². The third-order valence-electron chi connectivity index (χ3n) is 5.80. The molecule has 0 aromatic rings. The monoisotopic (exact) mass is 322 g/mol. The summed E-state index contributed by atoms with van der Waals surface area (Å²) in [6, 6.07) is 0. The van der Waals surface area contributed by atoms with Crippen molar-refractivity contribution >= 4 is 20.1 Å². The number of ketones is 1. The fraction of sp³-hybridized carbons (Fsp3) is 0.765. The van der Waals surface area contributed by atoms with Gasteiger partial charge in [0.25, 0.3) is 0 Å². The molecule has 0 radical (unpaired) electrons. The fourth-order valence-electron chi connectivity index (χ4n) is 3.22. The van der Waals surface area contributed by atoms with Crippen LogP contribution in [0.1, 0.15) is 46.5 Å². The van der Waals surface area contributed by atoms with E-state index in [9.17, 15) is 9.59 Å². The van der Waals surface area contributed by atoms with Crippen molar-refractivity contribution in [3.63, 3.8) is 0 Å². The van der Waals surface area contributed by atoms with Gasteiger partial charge in [-0.3, -0.25) is 4.79 Å². The van der Waals surface area contributed by atoms with Gasteiger partial charge < -0.3 is 9.16 Å². The van der Waals surface area contributed by atoms with E-state index in [0.29, 0.717) is 17.8 Å². The summed E-state index contributed by atoms with van der Waals surface area (Å²) in [7, 11) is -1.88. The highest BCUT2D eigenvalue weighted by molar-refractivity contribution is 6.74. The quantitative estimate of drug-likeness (QED) is 0.586. The first-order valence-electron chi connectivity index (χ1n) is 8.26. The van der Waals surface area contributed by atoms with E-state index in [1.54, 1.807) is 0 Å². The molecule has 0 aromatic carbocycles. The Morgan fingerprint density at radius 1 is 1.23 bits per heavy atom. The summed E-state index contributed by atoms with van der Waals surface area (Å²) < 4.78 is 11.7. The van der Waals surface area contributed by atoms with Gasteiger partial charge in [-0.1, -0.05) is 20.8 Å². The first kappa shape index (κ1) is 15.8. The fourth-order valence-corrected chi connectivity index (χ4v) is 4.33. The SMILES string of the molecule is CC(C)(C)[Si](C)(C)OC1=C(C(=O)OC2CC3CCC2C3=O)C1. The molecule has 2 bridgehead atoms. The molecule has 3 unspecified atom stereocenters. The molecule has 0 aromatic heterocycles. The van der Waals surface area contributed by atoms with Crippen molar-refractivity contribution in [3.8, 4) is 0 Å². The highest BCUT2D eigenvalue weighted by atomic mass is 28.4. The van der Waals surface area contributed by atoms with Crippen molar-refractivity contribution in [3.05, 3.63) is 11.3 Å². The lowest BCUT2D eigenvalue weighted by molar-refractivity contribution is -0.146.